The maximum absolute atomic E-state index is 6.35. The second-order valence-corrected chi connectivity index (χ2v) is 14.0. The topological polar surface area (TPSA) is 29.3 Å². The molecule has 0 saturated carbocycles. The summed E-state index contributed by atoms with van der Waals surface area (Å²) in [4.78, 5) is 7.36. The summed E-state index contributed by atoms with van der Waals surface area (Å²) in [6, 6.07) is 56.0. The average molecular weight is 651 g/mol. The molecule has 3 aromatic heterocycles. The van der Waals surface area contributed by atoms with Crippen LogP contribution in [0.5, 0.6) is 0 Å². The fourth-order valence-electron chi connectivity index (χ4n) is 6.88. The quantitative estimate of drug-likeness (QED) is 0.186. The summed E-state index contributed by atoms with van der Waals surface area (Å²) in [5, 5.41) is 5.84. The lowest BCUT2D eigenvalue weighted by atomic mass is 10.0. The highest BCUT2D eigenvalue weighted by atomic mass is 32.1. The molecule has 0 aliphatic rings. The molecule has 0 atom stereocenters. The number of nitrogens with zero attached hydrogens (tertiary/aromatic N) is 2. The van der Waals surface area contributed by atoms with Gasteiger partial charge >= 0.3 is 0 Å². The molecular formula is C43H26N2OS2. The van der Waals surface area contributed by atoms with E-state index in [1.807, 2.05) is 17.4 Å². The zero-order chi connectivity index (χ0) is 31.6. The Morgan fingerprint density at radius 2 is 1.19 bits per heavy atom. The van der Waals surface area contributed by atoms with Crippen molar-refractivity contribution in [2.45, 2.75) is 0 Å². The van der Waals surface area contributed by atoms with E-state index in [1.54, 1.807) is 11.3 Å². The van der Waals surface area contributed by atoms with E-state index in [0.29, 0.717) is 0 Å². The van der Waals surface area contributed by atoms with Gasteiger partial charge in [0.15, 0.2) is 0 Å². The van der Waals surface area contributed by atoms with E-state index in [2.05, 4.69) is 157 Å². The molecule has 3 heterocycles. The first-order valence-corrected chi connectivity index (χ1v) is 17.6. The van der Waals surface area contributed by atoms with Crippen LogP contribution in [0.1, 0.15) is 0 Å². The average Bonchev–Trinajstić information content (AvgIpc) is 3.86. The van der Waals surface area contributed by atoms with Gasteiger partial charge in [-0.15, -0.1) is 22.7 Å². The minimum absolute atomic E-state index is 0.888. The number of benzene rings is 7. The van der Waals surface area contributed by atoms with Crippen LogP contribution >= 0.6 is 22.7 Å². The van der Waals surface area contributed by atoms with Crippen LogP contribution in [-0.2, 0) is 0 Å². The molecule has 0 saturated heterocycles. The number of aromatic nitrogens is 1. The van der Waals surface area contributed by atoms with Gasteiger partial charge in [-0.1, -0.05) is 91.0 Å². The summed E-state index contributed by atoms with van der Waals surface area (Å²) in [6.45, 7) is 0. The van der Waals surface area contributed by atoms with Gasteiger partial charge in [-0.05, 0) is 77.9 Å². The predicted molar refractivity (Wildman–Crippen MR) is 205 cm³/mol. The standard InChI is InChI=1S/C43H26N2OS2/c1-3-10-28(11-4-1)43-44-34-23-25-37-41(42(34)48-43)33-26-29(20-24-36(33)46-37)27-18-21-31(22-19-27)45(30-12-5-2-6-13-30)35-15-9-17-39-40(35)32-14-7-8-16-38(32)47-39/h1-26H. The van der Waals surface area contributed by atoms with Crippen molar-refractivity contribution in [3.63, 3.8) is 0 Å². The monoisotopic (exact) mass is 650 g/mol. The molecule has 0 N–H and O–H groups in total. The van der Waals surface area contributed by atoms with E-state index in [9.17, 15) is 0 Å². The highest BCUT2D eigenvalue weighted by Crippen LogP contribution is 2.45. The molecule has 0 spiro atoms. The lowest BCUT2D eigenvalue weighted by molar-refractivity contribution is 0.669. The van der Waals surface area contributed by atoms with Crippen molar-refractivity contribution in [1.29, 1.82) is 0 Å². The van der Waals surface area contributed by atoms with Crippen molar-refractivity contribution in [3.05, 3.63) is 158 Å². The third kappa shape index (κ3) is 4.36. The zero-order valence-corrected chi connectivity index (χ0v) is 27.3. The maximum atomic E-state index is 6.35. The molecule has 226 valence electrons. The van der Waals surface area contributed by atoms with Gasteiger partial charge in [-0.2, -0.15) is 0 Å². The lowest BCUT2D eigenvalue weighted by Gasteiger charge is -2.26. The molecule has 5 heteroatoms. The molecule has 0 aliphatic carbocycles. The number of rotatable bonds is 5. The molecule has 7 aromatic carbocycles. The van der Waals surface area contributed by atoms with E-state index in [-0.39, 0.29) is 0 Å². The Bertz CT molecular complexity index is 2780. The number of hydrogen-bond donors (Lipinski definition) is 0. The van der Waals surface area contributed by atoms with Gasteiger partial charge in [0.1, 0.15) is 16.2 Å². The summed E-state index contributed by atoms with van der Waals surface area (Å²) < 4.78 is 10.1. The minimum atomic E-state index is 0.888. The molecule has 0 unspecified atom stereocenters. The normalized spacial score (nSPS) is 11.8. The second kappa shape index (κ2) is 10.9. The smallest absolute Gasteiger partial charge is 0.137 e. The summed E-state index contributed by atoms with van der Waals surface area (Å²) in [5.41, 5.74) is 9.64. The Balaban J connectivity index is 1.09. The molecule has 0 radical (unpaired) electrons. The molecule has 3 nitrogen and oxygen atoms in total. The highest BCUT2D eigenvalue weighted by Gasteiger charge is 2.19. The Kier molecular flexibility index (Phi) is 6.22. The summed E-state index contributed by atoms with van der Waals surface area (Å²) in [5.74, 6) is 0. The number of thiophene rings is 1. The largest absolute Gasteiger partial charge is 0.456 e. The van der Waals surface area contributed by atoms with Gasteiger partial charge in [0.25, 0.3) is 0 Å². The summed E-state index contributed by atoms with van der Waals surface area (Å²) in [7, 11) is 0. The first-order valence-electron chi connectivity index (χ1n) is 16.0. The molecule has 0 fully saturated rings. The maximum Gasteiger partial charge on any atom is 0.137 e. The summed E-state index contributed by atoms with van der Waals surface area (Å²) >= 11 is 3.58. The third-order valence-corrected chi connectivity index (χ3v) is 11.4. The van der Waals surface area contributed by atoms with E-state index in [0.717, 1.165) is 65.2 Å². The van der Waals surface area contributed by atoms with Crippen molar-refractivity contribution in [3.8, 4) is 21.7 Å². The molecular weight excluding hydrogens is 625 g/mol. The Hall–Kier alpha value is -5.75. The first kappa shape index (κ1) is 27.4. The fourth-order valence-corrected chi connectivity index (χ4v) is 9.13. The lowest BCUT2D eigenvalue weighted by Crippen LogP contribution is -2.10. The molecule has 10 aromatic rings. The zero-order valence-electron chi connectivity index (χ0n) is 25.6. The Morgan fingerprint density at radius 1 is 0.479 bits per heavy atom. The van der Waals surface area contributed by atoms with Crippen LogP contribution in [0.3, 0.4) is 0 Å². The predicted octanol–water partition coefficient (Wildman–Crippen LogP) is 13.4. The Labute approximate surface area is 284 Å². The number of fused-ring (bicyclic) bond motifs is 8. The van der Waals surface area contributed by atoms with Gasteiger partial charge in [0.2, 0.25) is 0 Å². The van der Waals surface area contributed by atoms with Gasteiger partial charge in [-0.25, -0.2) is 4.98 Å². The number of furan rings is 1. The molecule has 0 aliphatic heterocycles. The number of anilines is 3. The van der Waals surface area contributed by atoms with Crippen molar-refractivity contribution >= 4 is 92.1 Å². The van der Waals surface area contributed by atoms with E-state index >= 15 is 0 Å². The van der Waals surface area contributed by atoms with Gasteiger partial charge < -0.3 is 9.32 Å². The van der Waals surface area contributed by atoms with Crippen LogP contribution in [0.15, 0.2) is 162 Å². The van der Waals surface area contributed by atoms with Crippen LogP contribution < -0.4 is 4.90 Å². The number of para-hydroxylation sites is 1. The SMILES string of the molecule is c1ccc(-c2nc3ccc4oc5ccc(-c6ccc(N(c7ccccc7)c7cccc8sc9ccccc9c78)cc6)cc5c4c3s2)cc1. The Morgan fingerprint density at radius 3 is 2.04 bits per heavy atom. The van der Waals surface area contributed by atoms with Gasteiger partial charge in [-0.3, -0.25) is 0 Å². The van der Waals surface area contributed by atoms with Crippen LogP contribution in [0.4, 0.5) is 17.1 Å². The number of hydrogen-bond acceptors (Lipinski definition) is 5. The molecule has 0 bridgehead atoms. The van der Waals surface area contributed by atoms with Gasteiger partial charge in [0.05, 0.1) is 15.9 Å². The highest BCUT2D eigenvalue weighted by molar-refractivity contribution is 7.26. The van der Waals surface area contributed by atoms with Crippen molar-refractivity contribution in [1.82, 2.24) is 4.98 Å². The van der Waals surface area contributed by atoms with Crippen LogP contribution in [0.2, 0.25) is 0 Å². The van der Waals surface area contributed by atoms with E-state index in [4.69, 9.17) is 9.40 Å². The molecule has 10 rings (SSSR count). The second-order valence-electron chi connectivity index (χ2n) is 12.0. The van der Waals surface area contributed by atoms with Crippen molar-refractivity contribution < 1.29 is 4.42 Å². The summed E-state index contributed by atoms with van der Waals surface area (Å²) in [6.07, 6.45) is 0. The third-order valence-electron chi connectivity index (χ3n) is 9.10. The first-order chi connectivity index (χ1) is 23.8. The van der Waals surface area contributed by atoms with E-state index < -0.39 is 0 Å². The van der Waals surface area contributed by atoms with Crippen LogP contribution in [0.25, 0.3) is 74.0 Å². The van der Waals surface area contributed by atoms with Crippen LogP contribution in [0, 0.1) is 0 Å². The van der Waals surface area contributed by atoms with Crippen molar-refractivity contribution in [2.75, 3.05) is 4.90 Å². The van der Waals surface area contributed by atoms with E-state index in [1.165, 1.54) is 25.9 Å². The number of thiazole rings is 1. The molecule has 48 heavy (non-hydrogen) atoms. The van der Waals surface area contributed by atoms with Crippen molar-refractivity contribution in [2.24, 2.45) is 0 Å². The fraction of sp³-hybridized carbons (Fsp3) is 0. The minimum Gasteiger partial charge on any atom is -0.456 e. The van der Waals surface area contributed by atoms with Gasteiger partial charge in [0, 0.05) is 47.9 Å². The van der Waals surface area contributed by atoms with Crippen LogP contribution in [-0.4, -0.2) is 4.98 Å². The molecule has 0 amide bonds.